The van der Waals surface area contributed by atoms with E-state index >= 15 is 0 Å². The van der Waals surface area contributed by atoms with Gasteiger partial charge in [0.05, 0.1) is 0 Å². The Hall–Kier alpha value is -0.830. The standard InChI is InChI=1S/C7H8ClN3/c8-7(2-3-7)11-6-1-4-9-5-10-6/h1,4-5H,2-3H2,(H,9,10,11). The van der Waals surface area contributed by atoms with E-state index in [4.69, 9.17) is 11.6 Å². The maximum atomic E-state index is 6.01. The van der Waals surface area contributed by atoms with Crippen molar-refractivity contribution in [1.29, 1.82) is 0 Å². The van der Waals surface area contributed by atoms with Crippen LogP contribution in [0.15, 0.2) is 18.6 Å². The summed E-state index contributed by atoms with van der Waals surface area (Å²) in [6.45, 7) is 0. The van der Waals surface area contributed by atoms with Gasteiger partial charge in [0.1, 0.15) is 17.1 Å². The number of hydrogen-bond acceptors (Lipinski definition) is 3. The highest BCUT2D eigenvalue weighted by molar-refractivity contribution is 6.26. The number of rotatable bonds is 2. The lowest BCUT2D eigenvalue weighted by Crippen LogP contribution is -2.13. The van der Waals surface area contributed by atoms with E-state index in [-0.39, 0.29) is 5.00 Å². The fourth-order valence-corrected chi connectivity index (χ4v) is 1.02. The van der Waals surface area contributed by atoms with E-state index in [1.165, 1.54) is 6.33 Å². The van der Waals surface area contributed by atoms with E-state index in [9.17, 15) is 0 Å². The van der Waals surface area contributed by atoms with Crippen molar-refractivity contribution in [3.8, 4) is 0 Å². The summed E-state index contributed by atoms with van der Waals surface area (Å²) in [5.74, 6) is 0.799. The van der Waals surface area contributed by atoms with Gasteiger partial charge in [-0.05, 0) is 18.9 Å². The molecule has 0 saturated heterocycles. The monoisotopic (exact) mass is 169 g/mol. The number of anilines is 1. The number of alkyl halides is 1. The van der Waals surface area contributed by atoms with Crippen molar-refractivity contribution in [3.05, 3.63) is 18.6 Å². The predicted molar refractivity (Wildman–Crippen MR) is 43.5 cm³/mol. The van der Waals surface area contributed by atoms with Gasteiger partial charge in [-0.15, -0.1) is 0 Å². The van der Waals surface area contributed by atoms with Crippen molar-refractivity contribution in [2.75, 3.05) is 5.32 Å². The first kappa shape index (κ1) is 6.85. The van der Waals surface area contributed by atoms with Gasteiger partial charge in [0.25, 0.3) is 0 Å². The topological polar surface area (TPSA) is 37.8 Å². The number of halogens is 1. The molecular formula is C7H8ClN3. The molecule has 1 saturated carbocycles. The predicted octanol–water partition coefficient (Wildman–Crippen LogP) is 1.62. The van der Waals surface area contributed by atoms with Crippen LogP contribution in [0.4, 0.5) is 5.82 Å². The van der Waals surface area contributed by atoms with Crippen molar-refractivity contribution in [3.63, 3.8) is 0 Å². The van der Waals surface area contributed by atoms with Crippen molar-refractivity contribution < 1.29 is 0 Å². The summed E-state index contributed by atoms with van der Waals surface area (Å²) < 4.78 is 0. The second kappa shape index (κ2) is 2.34. The summed E-state index contributed by atoms with van der Waals surface area (Å²) in [6, 6.07) is 1.81. The highest BCUT2D eigenvalue weighted by Crippen LogP contribution is 2.42. The van der Waals surface area contributed by atoms with Crippen molar-refractivity contribution in [2.24, 2.45) is 0 Å². The van der Waals surface area contributed by atoms with Crippen LogP contribution in [0, 0.1) is 0 Å². The van der Waals surface area contributed by atoms with E-state index < -0.39 is 0 Å². The van der Waals surface area contributed by atoms with Crippen molar-refractivity contribution in [2.45, 2.75) is 17.8 Å². The summed E-state index contributed by atoms with van der Waals surface area (Å²) >= 11 is 6.01. The van der Waals surface area contributed by atoms with Crippen LogP contribution in [0.1, 0.15) is 12.8 Å². The van der Waals surface area contributed by atoms with Gasteiger partial charge in [-0.25, -0.2) is 9.97 Å². The third-order valence-electron chi connectivity index (χ3n) is 1.62. The molecule has 1 fully saturated rings. The Bertz CT molecular complexity index is 245. The second-order valence-corrected chi connectivity index (χ2v) is 3.41. The van der Waals surface area contributed by atoms with Crippen LogP contribution in [0.3, 0.4) is 0 Å². The molecule has 1 aromatic rings. The molecule has 1 aliphatic carbocycles. The molecule has 0 atom stereocenters. The minimum Gasteiger partial charge on any atom is -0.351 e. The average molecular weight is 170 g/mol. The molecule has 0 bridgehead atoms. The quantitative estimate of drug-likeness (QED) is 0.540. The second-order valence-electron chi connectivity index (χ2n) is 2.68. The lowest BCUT2D eigenvalue weighted by atomic mass is 10.5. The molecule has 0 radical (unpaired) electrons. The highest BCUT2D eigenvalue weighted by Gasteiger charge is 2.40. The summed E-state index contributed by atoms with van der Waals surface area (Å²) in [5.41, 5.74) is 0. The number of hydrogen-bond donors (Lipinski definition) is 1. The third-order valence-corrected chi connectivity index (χ3v) is 2.10. The van der Waals surface area contributed by atoms with Gasteiger partial charge in [-0.1, -0.05) is 11.6 Å². The number of aromatic nitrogens is 2. The molecule has 58 valence electrons. The first-order valence-electron chi connectivity index (χ1n) is 3.52. The van der Waals surface area contributed by atoms with Crippen LogP contribution in [-0.4, -0.2) is 15.0 Å². The van der Waals surface area contributed by atoms with Crippen molar-refractivity contribution in [1.82, 2.24) is 9.97 Å². The smallest absolute Gasteiger partial charge is 0.130 e. The zero-order valence-corrected chi connectivity index (χ0v) is 6.67. The first-order valence-corrected chi connectivity index (χ1v) is 3.89. The molecule has 11 heavy (non-hydrogen) atoms. The zero-order chi connectivity index (χ0) is 7.73. The number of nitrogens with one attached hydrogen (secondary N) is 1. The molecule has 1 heterocycles. The van der Waals surface area contributed by atoms with Gasteiger partial charge in [0.15, 0.2) is 0 Å². The highest BCUT2D eigenvalue weighted by atomic mass is 35.5. The Balaban J connectivity index is 2.07. The van der Waals surface area contributed by atoms with Crippen LogP contribution in [0.5, 0.6) is 0 Å². The lowest BCUT2D eigenvalue weighted by molar-refractivity contribution is 1.01. The SMILES string of the molecule is ClC1(Nc2ccncn2)CC1. The van der Waals surface area contributed by atoms with Gasteiger partial charge < -0.3 is 5.32 Å². The molecule has 1 aliphatic rings. The molecule has 0 spiro atoms. The van der Waals surface area contributed by atoms with Crippen LogP contribution >= 0.6 is 11.6 Å². The van der Waals surface area contributed by atoms with Gasteiger partial charge in [0, 0.05) is 6.20 Å². The molecule has 2 rings (SSSR count). The maximum Gasteiger partial charge on any atom is 0.130 e. The summed E-state index contributed by atoms with van der Waals surface area (Å²) in [7, 11) is 0. The van der Waals surface area contributed by atoms with Crippen LogP contribution in [0.25, 0.3) is 0 Å². The lowest BCUT2D eigenvalue weighted by Gasteiger charge is -2.08. The molecule has 3 nitrogen and oxygen atoms in total. The Kier molecular flexibility index (Phi) is 1.46. The van der Waals surface area contributed by atoms with Gasteiger partial charge in [-0.3, -0.25) is 0 Å². The van der Waals surface area contributed by atoms with Crippen LogP contribution in [-0.2, 0) is 0 Å². The Labute approximate surface area is 69.8 Å². The molecule has 4 heteroatoms. The molecule has 0 aliphatic heterocycles. The van der Waals surface area contributed by atoms with Gasteiger partial charge >= 0.3 is 0 Å². The third kappa shape index (κ3) is 1.60. The molecule has 1 aromatic heterocycles. The van der Waals surface area contributed by atoms with Crippen molar-refractivity contribution >= 4 is 17.4 Å². The Morgan fingerprint density at radius 2 is 2.36 bits per heavy atom. The normalized spacial score (nSPS) is 19.4. The van der Waals surface area contributed by atoms with E-state index in [0.29, 0.717) is 0 Å². The minimum absolute atomic E-state index is 0.214. The van der Waals surface area contributed by atoms with Crippen LogP contribution in [0.2, 0.25) is 0 Å². The molecule has 0 amide bonds. The first-order chi connectivity index (χ1) is 5.29. The fraction of sp³-hybridized carbons (Fsp3) is 0.429. The Morgan fingerprint density at radius 3 is 2.91 bits per heavy atom. The zero-order valence-electron chi connectivity index (χ0n) is 5.92. The van der Waals surface area contributed by atoms with E-state index in [1.54, 1.807) is 6.20 Å². The molecule has 1 N–H and O–H groups in total. The maximum absolute atomic E-state index is 6.01. The largest absolute Gasteiger partial charge is 0.351 e. The minimum atomic E-state index is -0.214. The van der Waals surface area contributed by atoms with Crippen LogP contribution < -0.4 is 5.32 Å². The van der Waals surface area contributed by atoms with E-state index in [2.05, 4.69) is 15.3 Å². The number of nitrogens with zero attached hydrogens (tertiary/aromatic N) is 2. The van der Waals surface area contributed by atoms with E-state index in [1.807, 2.05) is 6.07 Å². The molecule has 0 unspecified atom stereocenters. The summed E-state index contributed by atoms with van der Waals surface area (Å²) in [6.07, 6.45) is 5.22. The summed E-state index contributed by atoms with van der Waals surface area (Å²) in [5, 5.41) is 3.11. The van der Waals surface area contributed by atoms with Gasteiger partial charge in [0.2, 0.25) is 0 Å². The van der Waals surface area contributed by atoms with E-state index in [0.717, 1.165) is 18.7 Å². The summed E-state index contributed by atoms with van der Waals surface area (Å²) in [4.78, 5) is 7.59. The Morgan fingerprint density at radius 1 is 1.55 bits per heavy atom. The fourth-order valence-electron chi connectivity index (χ4n) is 0.829. The average Bonchev–Trinajstić information content (AvgIpc) is 2.70. The van der Waals surface area contributed by atoms with Gasteiger partial charge in [-0.2, -0.15) is 0 Å². The molecular weight excluding hydrogens is 162 g/mol. The molecule has 0 aromatic carbocycles.